The number of carbonyl (C=O) groups excluding carboxylic acids is 3. The molecule has 0 spiro atoms. The van der Waals surface area contributed by atoms with Crippen LogP contribution in [-0.4, -0.2) is 46.6 Å². The summed E-state index contributed by atoms with van der Waals surface area (Å²) in [5, 5.41) is 24.9. The molecule has 6 N–H and O–H groups in total. The first-order valence-corrected chi connectivity index (χ1v) is 11.7. The average Bonchev–Trinajstić information content (AvgIpc) is 2.87. The Labute approximate surface area is 214 Å². The largest absolute Gasteiger partial charge is 0.478 e. The van der Waals surface area contributed by atoms with E-state index in [0.29, 0.717) is 17.7 Å². The zero-order chi connectivity index (χ0) is 27.1. The lowest BCUT2D eigenvalue weighted by Crippen LogP contribution is -2.38. The number of aromatic carboxylic acids is 1. The van der Waals surface area contributed by atoms with E-state index in [0.717, 1.165) is 0 Å². The van der Waals surface area contributed by atoms with Crippen LogP contribution in [0.5, 0.6) is 0 Å². The van der Waals surface area contributed by atoms with Gasteiger partial charge in [0.05, 0.1) is 18.2 Å². The molecule has 0 aliphatic carbocycles. The number of anilines is 1. The molecule has 3 rings (SSSR count). The van der Waals surface area contributed by atoms with Crippen molar-refractivity contribution in [3.05, 3.63) is 89.0 Å². The van der Waals surface area contributed by atoms with Crippen molar-refractivity contribution in [2.45, 2.75) is 26.3 Å². The molecular weight excluding hydrogens is 474 g/mol. The first-order chi connectivity index (χ1) is 17.6. The third-order valence-corrected chi connectivity index (χ3v) is 5.69. The Bertz CT molecular complexity index is 1330. The first kappa shape index (κ1) is 27.1. The minimum Gasteiger partial charge on any atom is -0.478 e. The molecule has 0 saturated heterocycles. The highest BCUT2D eigenvalue weighted by Gasteiger charge is 2.21. The zero-order valence-corrected chi connectivity index (χ0v) is 20.5. The van der Waals surface area contributed by atoms with E-state index >= 15 is 0 Å². The minimum atomic E-state index is -1.27. The lowest BCUT2D eigenvalue weighted by atomic mass is 9.93. The fourth-order valence-corrected chi connectivity index (χ4v) is 3.98. The van der Waals surface area contributed by atoms with E-state index < -0.39 is 29.7 Å². The number of benzene rings is 3. The van der Waals surface area contributed by atoms with Crippen molar-refractivity contribution in [2.24, 2.45) is 11.7 Å². The molecule has 3 aromatic carbocycles. The van der Waals surface area contributed by atoms with Crippen LogP contribution in [0.1, 0.15) is 61.7 Å². The highest BCUT2D eigenvalue weighted by atomic mass is 16.4. The van der Waals surface area contributed by atoms with Crippen LogP contribution in [0.2, 0.25) is 0 Å². The molecule has 0 heterocycles. The smallest absolute Gasteiger partial charge is 0.336 e. The molecule has 3 amide bonds. The SMILES string of the molecule is CC(C)C[C@@H](CO)NC(=O)c1ccc(-c2ccccc2C(=O)Nc2cccc(C(N)=O)c2)c(C(=O)O)c1. The maximum Gasteiger partial charge on any atom is 0.336 e. The molecule has 0 aliphatic rings. The van der Waals surface area contributed by atoms with Crippen LogP contribution < -0.4 is 16.4 Å². The zero-order valence-electron chi connectivity index (χ0n) is 20.5. The van der Waals surface area contributed by atoms with Gasteiger partial charge in [-0.1, -0.05) is 44.2 Å². The molecule has 0 bridgehead atoms. The molecule has 0 unspecified atom stereocenters. The van der Waals surface area contributed by atoms with E-state index in [1.807, 2.05) is 13.8 Å². The fraction of sp³-hybridized carbons (Fsp3) is 0.214. The molecule has 37 heavy (non-hydrogen) atoms. The van der Waals surface area contributed by atoms with Crippen LogP contribution in [0, 0.1) is 5.92 Å². The summed E-state index contributed by atoms with van der Waals surface area (Å²) < 4.78 is 0. The number of rotatable bonds is 10. The molecule has 0 radical (unpaired) electrons. The van der Waals surface area contributed by atoms with Gasteiger partial charge in [0.2, 0.25) is 5.91 Å². The van der Waals surface area contributed by atoms with Gasteiger partial charge in [0.25, 0.3) is 11.8 Å². The molecule has 3 aromatic rings. The Morgan fingerprint density at radius 2 is 1.54 bits per heavy atom. The Morgan fingerprint density at radius 3 is 2.19 bits per heavy atom. The standard InChI is InChI=1S/C28H29N3O6/c1-16(2)12-20(15-32)31-26(34)18-10-11-22(24(14-18)28(36)37)21-8-3-4-9-23(21)27(35)30-19-7-5-6-17(13-19)25(29)33/h3-11,13-14,16,20,32H,12,15H2,1-2H3,(H2,29,33)(H,30,35)(H,31,34)(H,36,37)/t20-/m0/s1. The van der Waals surface area contributed by atoms with Gasteiger partial charge in [0.1, 0.15) is 0 Å². The third-order valence-electron chi connectivity index (χ3n) is 5.69. The molecule has 0 fully saturated rings. The van der Waals surface area contributed by atoms with E-state index in [1.54, 1.807) is 36.4 Å². The second-order valence-electron chi connectivity index (χ2n) is 8.99. The number of carbonyl (C=O) groups is 4. The Morgan fingerprint density at radius 1 is 0.838 bits per heavy atom. The van der Waals surface area contributed by atoms with Crippen LogP contribution in [0.25, 0.3) is 11.1 Å². The number of hydrogen-bond donors (Lipinski definition) is 5. The Kier molecular flexibility index (Phi) is 8.76. The second-order valence-corrected chi connectivity index (χ2v) is 8.99. The molecule has 0 aliphatic heterocycles. The Hall–Kier alpha value is -4.50. The second kappa shape index (κ2) is 12.0. The number of nitrogens with one attached hydrogen (secondary N) is 2. The number of carboxylic acids is 1. The molecule has 9 heteroatoms. The normalized spacial score (nSPS) is 11.6. The van der Waals surface area contributed by atoms with Crippen LogP contribution in [0.15, 0.2) is 66.7 Å². The van der Waals surface area contributed by atoms with Crippen molar-refractivity contribution in [3.63, 3.8) is 0 Å². The summed E-state index contributed by atoms with van der Waals surface area (Å²) >= 11 is 0. The summed E-state index contributed by atoms with van der Waals surface area (Å²) in [7, 11) is 0. The maximum atomic E-state index is 13.1. The summed E-state index contributed by atoms with van der Waals surface area (Å²) in [5.74, 6) is -2.68. The topological polar surface area (TPSA) is 159 Å². The van der Waals surface area contributed by atoms with Crippen LogP contribution >= 0.6 is 0 Å². The number of nitrogens with two attached hydrogens (primary N) is 1. The van der Waals surface area contributed by atoms with Gasteiger partial charge < -0.3 is 26.6 Å². The monoisotopic (exact) mass is 503 g/mol. The van der Waals surface area contributed by atoms with Crippen LogP contribution in [0.4, 0.5) is 5.69 Å². The molecular formula is C28H29N3O6. The van der Waals surface area contributed by atoms with Gasteiger partial charge in [-0.15, -0.1) is 0 Å². The van der Waals surface area contributed by atoms with E-state index in [-0.39, 0.29) is 40.3 Å². The van der Waals surface area contributed by atoms with E-state index in [1.165, 1.54) is 30.3 Å². The molecule has 192 valence electrons. The highest BCUT2D eigenvalue weighted by molar-refractivity contribution is 6.11. The highest BCUT2D eigenvalue weighted by Crippen LogP contribution is 2.29. The van der Waals surface area contributed by atoms with Crippen molar-refractivity contribution in [1.29, 1.82) is 0 Å². The van der Waals surface area contributed by atoms with Gasteiger partial charge in [-0.05, 0) is 59.9 Å². The maximum absolute atomic E-state index is 13.1. The molecule has 1 atom stereocenters. The summed E-state index contributed by atoms with van der Waals surface area (Å²) in [5.41, 5.74) is 6.65. The van der Waals surface area contributed by atoms with Crippen LogP contribution in [-0.2, 0) is 0 Å². The minimum absolute atomic E-state index is 0.119. The molecule has 0 aromatic heterocycles. The van der Waals surface area contributed by atoms with Gasteiger partial charge in [0.15, 0.2) is 0 Å². The summed E-state index contributed by atoms with van der Waals surface area (Å²) in [6.45, 7) is 3.70. The summed E-state index contributed by atoms with van der Waals surface area (Å²) in [6.07, 6.45) is 0.566. The quantitative estimate of drug-likeness (QED) is 0.285. The number of amides is 3. The number of primary amides is 1. The van der Waals surface area contributed by atoms with Crippen molar-refractivity contribution in [3.8, 4) is 11.1 Å². The lowest BCUT2D eigenvalue weighted by Gasteiger charge is -2.19. The van der Waals surface area contributed by atoms with Gasteiger partial charge >= 0.3 is 5.97 Å². The van der Waals surface area contributed by atoms with E-state index in [9.17, 15) is 29.4 Å². The summed E-state index contributed by atoms with van der Waals surface area (Å²) in [6, 6.07) is 16.4. The molecule has 9 nitrogen and oxygen atoms in total. The average molecular weight is 504 g/mol. The number of aliphatic hydroxyl groups is 1. The van der Waals surface area contributed by atoms with Gasteiger partial charge in [-0.3, -0.25) is 14.4 Å². The number of carboxylic acid groups (broad SMARTS) is 1. The predicted octanol–water partition coefficient (Wildman–Crippen LogP) is 3.54. The molecule has 0 saturated carbocycles. The van der Waals surface area contributed by atoms with E-state index in [2.05, 4.69) is 10.6 Å². The van der Waals surface area contributed by atoms with Gasteiger partial charge in [-0.25, -0.2) is 4.79 Å². The predicted molar refractivity (Wildman–Crippen MR) is 140 cm³/mol. The van der Waals surface area contributed by atoms with E-state index in [4.69, 9.17) is 5.73 Å². The van der Waals surface area contributed by atoms with Crippen molar-refractivity contribution in [1.82, 2.24) is 5.32 Å². The lowest BCUT2D eigenvalue weighted by molar-refractivity contribution is 0.0697. The van der Waals surface area contributed by atoms with Gasteiger partial charge in [0, 0.05) is 22.4 Å². The Balaban J connectivity index is 1.95. The summed E-state index contributed by atoms with van der Waals surface area (Å²) in [4.78, 5) is 49.5. The first-order valence-electron chi connectivity index (χ1n) is 11.7. The van der Waals surface area contributed by atoms with Gasteiger partial charge in [-0.2, -0.15) is 0 Å². The number of hydrogen-bond acceptors (Lipinski definition) is 5. The third kappa shape index (κ3) is 6.80. The fourth-order valence-electron chi connectivity index (χ4n) is 3.98. The van der Waals surface area contributed by atoms with Crippen molar-refractivity contribution < 1.29 is 29.4 Å². The van der Waals surface area contributed by atoms with Crippen molar-refractivity contribution in [2.75, 3.05) is 11.9 Å². The van der Waals surface area contributed by atoms with Crippen LogP contribution in [0.3, 0.4) is 0 Å². The van der Waals surface area contributed by atoms with Crippen molar-refractivity contribution >= 4 is 29.4 Å². The number of aliphatic hydroxyl groups excluding tert-OH is 1.